The average molecular weight is 411 g/mol. The van der Waals surface area contributed by atoms with Crippen LogP contribution in [0, 0.1) is 5.92 Å². The molecule has 0 aliphatic carbocycles. The van der Waals surface area contributed by atoms with Crippen molar-refractivity contribution in [3.8, 4) is 5.75 Å². The number of oxime groups is 1. The molecule has 7 heteroatoms. The molecule has 1 atom stereocenters. The number of benzene rings is 1. The van der Waals surface area contributed by atoms with Gasteiger partial charge >= 0.3 is 6.03 Å². The van der Waals surface area contributed by atoms with E-state index in [1.807, 2.05) is 53.1 Å². The summed E-state index contributed by atoms with van der Waals surface area (Å²) in [7, 11) is 0. The van der Waals surface area contributed by atoms with E-state index in [4.69, 9.17) is 9.57 Å². The summed E-state index contributed by atoms with van der Waals surface area (Å²) in [5.41, 5.74) is 1.88. The van der Waals surface area contributed by atoms with Crippen molar-refractivity contribution in [1.29, 1.82) is 0 Å². The summed E-state index contributed by atoms with van der Waals surface area (Å²) in [6, 6.07) is 11.6. The predicted molar refractivity (Wildman–Crippen MR) is 118 cm³/mol. The van der Waals surface area contributed by atoms with Gasteiger partial charge in [-0.25, -0.2) is 4.79 Å². The first-order chi connectivity index (χ1) is 14.7. The topological polar surface area (TPSA) is 67.3 Å². The molecular weight excluding hydrogens is 380 g/mol. The van der Waals surface area contributed by atoms with Crippen LogP contribution in [-0.4, -0.2) is 55.0 Å². The summed E-state index contributed by atoms with van der Waals surface area (Å²) in [5.74, 6) is 1.32. The maximum atomic E-state index is 12.6. The number of carbonyl (C=O) groups excluding carboxylic acids is 1. The van der Waals surface area contributed by atoms with Gasteiger partial charge in [0.05, 0.1) is 12.8 Å². The minimum atomic E-state index is 0.0811. The normalized spacial score (nSPS) is 15.1. The van der Waals surface area contributed by atoms with Crippen molar-refractivity contribution in [3.63, 3.8) is 0 Å². The van der Waals surface area contributed by atoms with Gasteiger partial charge in [-0.3, -0.25) is 9.88 Å². The first kappa shape index (κ1) is 21.6. The number of anilines is 1. The Morgan fingerprint density at radius 1 is 1.13 bits per heavy atom. The van der Waals surface area contributed by atoms with Gasteiger partial charge in [0.2, 0.25) is 0 Å². The van der Waals surface area contributed by atoms with Crippen LogP contribution in [0.3, 0.4) is 0 Å². The van der Waals surface area contributed by atoms with Crippen molar-refractivity contribution in [2.75, 3.05) is 37.7 Å². The first-order valence-corrected chi connectivity index (χ1v) is 10.5. The quantitative estimate of drug-likeness (QED) is 0.411. The highest BCUT2D eigenvalue weighted by Crippen LogP contribution is 2.20. The van der Waals surface area contributed by atoms with Crippen LogP contribution >= 0.6 is 0 Å². The lowest BCUT2D eigenvalue weighted by atomic mass is 10.0. The molecule has 0 unspecified atom stereocenters. The number of amides is 2. The molecule has 7 nitrogen and oxygen atoms in total. The molecule has 1 fully saturated rings. The van der Waals surface area contributed by atoms with E-state index in [9.17, 15) is 4.79 Å². The van der Waals surface area contributed by atoms with Gasteiger partial charge in [0.25, 0.3) is 0 Å². The Labute approximate surface area is 178 Å². The molecule has 0 N–H and O–H groups in total. The Hall–Kier alpha value is -3.09. The van der Waals surface area contributed by atoms with Gasteiger partial charge in [-0.2, -0.15) is 0 Å². The molecule has 1 aromatic heterocycles. The van der Waals surface area contributed by atoms with Crippen molar-refractivity contribution in [1.82, 2.24) is 9.88 Å². The van der Waals surface area contributed by atoms with Gasteiger partial charge in [-0.15, -0.1) is 0 Å². The number of nitrogens with zero attached hydrogens (tertiary/aromatic N) is 4. The van der Waals surface area contributed by atoms with Crippen LogP contribution in [0.1, 0.15) is 32.3 Å². The third-order valence-electron chi connectivity index (χ3n) is 5.13. The summed E-state index contributed by atoms with van der Waals surface area (Å²) in [4.78, 5) is 25.3. The zero-order valence-electron chi connectivity index (χ0n) is 17.7. The molecule has 1 aromatic carbocycles. The second kappa shape index (κ2) is 11.2. The molecule has 160 valence electrons. The molecule has 0 bridgehead atoms. The number of ether oxygens (including phenoxy) is 1. The zero-order valence-corrected chi connectivity index (χ0v) is 17.7. The summed E-state index contributed by atoms with van der Waals surface area (Å²) < 4.78 is 5.85. The predicted octanol–water partition coefficient (Wildman–Crippen LogP) is 4.19. The number of urea groups is 1. The largest absolute Gasteiger partial charge is 0.494 e. The molecule has 0 spiro atoms. The lowest BCUT2D eigenvalue weighted by Gasteiger charge is -2.20. The second-order valence-corrected chi connectivity index (χ2v) is 7.38. The standard InChI is InChI=1S/C23H30N4O3/c1-3-30-25-18-20-4-6-22(7-5-20)29-17-11-19(2)10-14-26-15-16-27(23(26)28)21-8-12-24-13-9-21/h4-9,12-13,18-19H,3,10-11,14-17H2,1-2H3/t19-/m0/s1. The summed E-state index contributed by atoms with van der Waals surface area (Å²) in [6.45, 7) is 7.59. The number of rotatable bonds is 11. The molecule has 1 aliphatic rings. The van der Waals surface area contributed by atoms with Crippen molar-refractivity contribution in [2.24, 2.45) is 11.1 Å². The van der Waals surface area contributed by atoms with Crippen molar-refractivity contribution < 1.29 is 14.4 Å². The third-order valence-corrected chi connectivity index (χ3v) is 5.13. The SMILES string of the molecule is CCON=Cc1ccc(OCC[C@@H](C)CCN2CCN(c3ccncc3)C2=O)cc1. The van der Waals surface area contributed by atoms with Crippen LogP contribution in [0.15, 0.2) is 53.9 Å². The fraction of sp³-hybridized carbons (Fsp3) is 0.435. The molecule has 3 rings (SSSR count). The molecule has 1 saturated heterocycles. The van der Waals surface area contributed by atoms with E-state index in [-0.39, 0.29) is 6.03 Å². The van der Waals surface area contributed by atoms with Crippen LogP contribution < -0.4 is 9.64 Å². The highest BCUT2D eigenvalue weighted by atomic mass is 16.6. The lowest BCUT2D eigenvalue weighted by Crippen LogP contribution is -2.33. The number of carbonyl (C=O) groups is 1. The third kappa shape index (κ3) is 6.20. The maximum Gasteiger partial charge on any atom is 0.324 e. The zero-order chi connectivity index (χ0) is 21.2. The molecule has 30 heavy (non-hydrogen) atoms. The number of hydrogen-bond acceptors (Lipinski definition) is 5. The van der Waals surface area contributed by atoms with Gasteiger partial charge in [0, 0.05) is 37.7 Å². The van der Waals surface area contributed by atoms with Gasteiger partial charge < -0.3 is 14.5 Å². The van der Waals surface area contributed by atoms with Gasteiger partial charge in [-0.05, 0) is 67.6 Å². The average Bonchev–Trinajstić information content (AvgIpc) is 3.14. The molecule has 2 amide bonds. The fourth-order valence-electron chi connectivity index (χ4n) is 3.27. The van der Waals surface area contributed by atoms with Crippen LogP contribution in [0.4, 0.5) is 10.5 Å². The van der Waals surface area contributed by atoms with Crippen LogP contribution in [0.25, 0.3) is 0 Å². The molecule has 1 aliphatic heterocycles. The Balaban J connectivity index is 1.35. The minimum absolute atomic E-state index is 0.0811. The van der Waals surface area contributed by atoms with Crippen molar-refractivity contribution in [3.05, 3.63) is 54.4 Å². The highest BCUT2D eigenvalue weighted by molar-refractivity contribution is 5.94. The number of aromatic nitrogens is 1. The van der Waals surface area contributed by atoms with E-state index in [2.05, 4.69) is 17.1 Å². The van der Waals surface area contributed by atoms with E-state index in [0.717, 1.165) is 49.5 Å². The number of pyridine rings is 1. The Morgan fingerprint density at radius 2 is 1.90 bits per heavy atom. The maximum absolute atomic E-state index is 12.6. The summed E-state index contributed by atoms with van der Waals surface area (Å²) in [5, 5.41) is 3.86. The molecule has 0 saturated carbocycles. The van der Waals surface area contributed by atoms with Crippen molar-refractivity contribution in [2.45, 2.75) is 26.7 Å². The fourth-order valence-corrected chi connectivity index (χ4v) is 3.27. The van der Waals surface area contributed by atoms with Gasteiger partial charge in [-0.1, -0.05) is 12.1 Å². The van der Waals surface area contributed by atoms with Gasteiger partial charge in [0.15, 0.2) is 0 Å². The van der Waals surface area contributed by atoms with Crippen LogP contribution in [0.2, 0.25) is 0 Å². The minimum Gasteiger partial charge on any atom is -0.494 e. The molecule has 2 heterocycles. The molecular formula is C23H30N4O3. The lowest BCUT2D eigenvalue weighted by molar-refractivity contribution is 0.160. The van der Waals surface area contributed by atoms with E-state index in [1.165, 1.54) is 0 Å². The van der Waals surface area contributed by atoms with Crippen LogP contribution in [-0.2, 0) is 4.84 Å². The molecule has 0 radical (unpaired) electrons. The van der Waals surface area contributed by atoms with Gasteiger partial charge in [0.1, 0.15) is 12.4 Å². The number of hydrogen-bond donors (Lipinski definition) is 0. The Kier molecular flexibility index (Phi) is 8.06. The highest BCUT2D eigenvalue weighted by Gasteiger charge is 2.29. The van der Waals surface area contributed by atoms with E-state index >= 15 is 0 Å². The van der Waals surface area contributed by atoms with E-state index in [0.29, 0.717) is 19.1 Å². The Bertz CT molecular complexity index is 811. The second-order valence-electron chi connectivity index (χ2n) is 7.38. The summed E-state index contributed by atoms with van der Waals surface area (Å²) >= 11 is 0. The summed E-state index contributed by atoms with van der Waals surface area (Å²) in [6.07, 6.45) is 7.03. The Morgan fingerprint density at radius 3 is 2.63 bits per heavy atom. The monoisotopic (exact) mass is 410 g/mol. The smallest absolute Gasteiger partial charge is 0.324 e. The molecule has 2 aromatic rings. The van der Waals surface area contributed by atoms with E-state index < -0.39 is 0 Å². The van der Waals surface area contributed by atoms with E-state index in [1.54, 1.807) is 18.6 Å². The van der Waals surface area contributed by atoms with Crippen molar-refractivity contribution >= 4 is 17.9 Å². The first-order valence-electron chi connectivity index (χ1n) is 10.5. The van der Waals surface area contributed by atoms with Crippen LogP contribution in [0.5, 0.6) is 5.75 Å².